The minimum atomic E-state index is -3.70. The molecule has 1 saturated heterocycles. The average Bonchev–Trinajstić information content (AvgIpc) is 3.38. The molecule has 0 bridgehead atoms. The van der Waals surface area contributed by atoms with Gasteiger partial charge in [0.05, 0.1) is 20.8 Å². The second-order valence-corrected chi connectivity index (χ2v) is 10.9. The molecule has 1 N–H and O–H groups in total. The monoisotopic (exact) mass is 486 g/mol. The number of rotatable bonds is 5. The molecule has 1 aliphatic heterocycles. The van der Waals surface area contributed by atoms with E-state index in [9.17, 15) is 13.2 Å². The van der Waals surface area contributed by atoms with E-state index < -0.39 is 15.9 Å². The SMILES string of the molecule is O=C(Nc1nnc(-c2ccccc2Cl)o1)C1CCCN(S(=O)(=O)c2ccc(Cl)s2)C1. The van der Waals surface area contributed by atoms with Gasteiger partial charge < -0.3 is 4.42 Å². The molecule has 1 aromatic carbocycles. The van der Waals surface area contributed by atoms with Crippen LogP contribution in [0, 0.1) is 5.92 Å². The molecule has 3 aromatic rings. The molecule has 1 fully saturated rings. The Morgan fingerprint density at radius 2 is 2.00 bits per heavy atom. The van der Waals surface area contributed by atoms with Crippen LogP contribution in [-0.2, 0) is 14.8 Å². The van der Waals surface area contributed by atoms with E-state index in [4.69, 9.17) is 27.6 Å². The van der Waals surface area contributed by atoms with Crippen molar-refractivity contribution in [1.29, 1.82) is 0 Å². The molecule has 2 aromatic heterocycles. The van der Waals surface area contributed by atoms with Crippen LogP contribution in [0.4, 0.5) is 6.01 Å². The molecule has 4 rings (SSSR count). The van der Waals surface area contributed by atoms with Gasteiger partial charge in [0.2, 0.25) is 5.91 Å². The van der Waals surface area contributed by atoms with Gasteiger partial charge in [-0.2, -0.15) is 4.31 Å². The fraction of sp³-hybridized carbons (Fsp3) is 0.278. The first kappa shape index (κ1) is 21.3. The number of hydrogen-bond acceptors (Lipinski definition) is 7. The molecular formula is C18H16Cl2N4O4S2. The molecule has 0 radical (unpaired) electrons. The van der Waals surface area contributed by atoms with Gasteiger partial charge in [-0.1, -0.05) is 40.4 Å². The van der Waals surface area contributed by atoms with Crippen LogP contribution in [0.15, 0.2) is 45.0 Å². The number of anilines is 1. The summed E-state index contributed by atoms with van der Waals surface area (Å²) in [6.07, 6.45) is 1.11. The fourth-order valence-corrected chi connectivity index (χ4v) is 6.54. The highest BCUT2D eigenvalue weighted by molar-refractivity contribution is 7.91. The minimum Gasteiger partial charge on any atom is -0.403 e. The van der Waals surface area contributed by atoms with E-state index in [0.29, 0.717) is 34.3 Å². The van der Waals surface area contributed by atoms with Crippen molar-refractivity contribution in [3.8, 4) is 11.5 Å². The summed E-state index contributed by atoms with van der Waals surface area (Å²) in [6.45, 7) is 0.411. The molecule has 158 valence electrons. The molecule has 1 unspecified atom stereocenters. The van der Waals surface area contributed by atoms with Crippen LogP contribution >= 0.6 is 34.5 Å². The first-order valence-corrected chi connectivity index (χ1v) is 12.0. The molecule has 0 aliphatic carbocycles. The van der Waals surface area contributed by atoms with Gasteiger partial charge in [-0.05, 0) is 37.1 Å². The normalized spacial score (nSPS) is 17.7. The van der Waals surface area contributed by atoms with Crippen molar-refractivity contribution in [2.24, 2.45) is 5.92 Å². The number of piperidine rings is 1. The van der Waals surface area contributed by atoms with Crippen molar-refractivity contribution in [1.82, 2.24) is 14.5 Å². The predicted octanol–water partition coefficient (Wildman–Crippen LogP) is 4.14. The maximum absolute atomic E-state index is 12.8. The number of carbonyl (C=O) groups excluding carboxylic acids is 1. The van der Waals surface area contributed by atoms with Gasteiger partial charge in [-0.3, -0.25) is 10.1 Å². The summed E-state index contributed by atoms with van der Waals surface area (Å²) in [7, 11) is -3.70. The minimum absolute atomic E-state index is 0.0647. The van der Waals surface area contributed by atoms with E-state index in [0.717, 1.165) is 11.3 Å². The average molecular weight is 487 g/mol. The number of hydrogen-bond donors (Lipinski definition) is 1. The number of nitrogens with zero attached hydrogens (tertiary/aromatic N) is 3. The predicted molar refractivity (Wildman–Crippen MR) is 114 cm³/mol. The van der Waals surface area contributed by atoms with Crippen LogP contribution < -0.4 is 5.32 Å². The number of nitrogens with one attached hydrogen (secondary N) is 1. The van der Waals surface area contributed by atoms with Gasteiger partial charge in [-0.15, -0.1) is 16.4 Å². The van der Waals surface area contributed by atoms with Crippen LogP contribution in [0.3, 0.4) is 0 Å². The molecule has 1 atom stereocenters. The van der Waals surface area contributed by atoms with Gasteiger partial charge >= 0.3 is 6.01 Å². The lowest BCUT2D eigenvalue weighted by molar-refractivity contribution is -0.121. The number of thiophene rings is 1. The molecule has 30 heavy (non-hydrogen) atoms. The zero-order valence-corrected chi connectivity index (χ0v) is 18.6. The van der Waals surface area contributed by atoms with Crippen molar-refractivity contribution in [2.75, 3.05) is 18.4 Å². The standard InChI is InChI=1S/C18H16Cl2N4O4S2/c19-13-6-2-1-5-12(13)17-22-23-18(28-17)21-16(25)11-4-3-9-24(10-11)30(26,27)15-8-7-14(20)29-15/h1-2,5-8,11H,3-4,9-10H2,(H,21,23,25). The molecule has 1 amide bonds. The Hall–Kier alpha value is -1.98. The van der Waals surface area contributed by atoms with E-state index in [1.807, 2.05) is 0 Å². The zero-order chi connectivity index (χ0) is 21.3. The third-order valence-electron chi connectivity index (χ3n) is 4.66. The highest BCUT2D eigenvalue weighted by Gasteiger charge is 2.34. The first-order chi connectivity index (χ1) is 14.3. The molecule has 12 heteroatoms. The Labute approximate surface area is 186 Å². The summed E-state index contributed by atoms with van der Waals surface area (Å²) >= 11 is 13.0. The summed E-state index contributed by atoms with van der Waals surface area (Å²) in [6, 6.07) is 9.92. The largest absolute Gasteiger partial charge is 0.403 e. The third kappa shape index (κ3) is 4.37. The van der Waals surface area contributed by atoms with Gasteiger partial charge in [0.1, 0.15) is 4.21 Å². The van der Waals surface area contributed by atoms with E-state index in [2.05, 4.69) is 15.5 Å². The van der Waals surface area contributed by atoms with Gasteiger partial charge in [0.25, 0.3) is 15.9 Å². The van der Waals surface area contributed by atoms with Crippen molar-refractivity contribution < 1.29 is 17.6 Å². The maximum atomic E-state index is 12.8. The summed E-state index contributed by atoms with van der Waals surface area (Å²) < 4.78 is 33.0. The second kappa shape index (κ2) is 8.64. The van der Waals surface area contributed by atoms with Crippen molar-refractivity contribution in [3.63, 3.8) is 0 Å². The van der Waals surface area contributed by atoms with Gasteiger partial charge in [-0.25, -0.2) is 8.42 Å². The number of benzene rings is 1. The quantitative estimate of drug-likeness (QED) is 0.580. The second-order valence-electron chi connectivity index (χ2n) is 6.64. The van der Waals surface area contributed by atoms with E-state index in [1.165, 1.54) is 10.4 Å². The van der Waals surface area contributed by atoms with Crippen molar-refractivity contribution >= 4 is 56.5 Å². The van der Waals surface area contributed by atoms with Gasteiger partial charge in [0.15, 0.2) is 0 Å². The van der Waals surface area contributed by atoms with Crippen LogP contribution in [-0.4, -0.2) is 41.9 Å². The van der Waals surface area contributed by atoms with E-state index in [1.54, 1.807) is 30.3 Å². The lowest BCUT2D eigenvalue weighted by atomic mass is 9.99. The maximum Gasteiger partial charge on any atom is 0.322 e. The van der Waals surface area contributed by atoms with Crippen LogP contribution in [0.25, 0.3) is 11.5 Å². The highest BCUT2D eigenvalue weighted by Crippen LogP contribution is 2.31. The highest BCUT2D eigenvalue weighted by atomic mass is 35.5. The van der Waals surface area contributed by atoms with Crippen molar-refractivity contribution in [2.45, 2.75) is 17.1 Å². The van der Waals surface area contributed by atoms with Crippen LogP contribution in [0.2, 0.25) is 9.36 Å². The Balaban J connectivity index is 1.45. The molecule has 1 aliphatic rings. The van der Waals surface area contributed by atoms with Crippen molar-refractivity contribution in [3.05, 3.63) is 45.8 Å². The van der Waals surface area contributed by atoms with E-state index >= 15 is 0 Å². The number of amides is 1. The van der Waals surface area contributed by atoms with Crippen LogP contribution in [0.5, 0.6) is 0 Å². The summed E-state index contributed by atoms with van der Waals surface area (Å²) in [5.41, 5.74) is 0.553. The number of sulfonamides is 1. The molecule has 0 saturated carbocycles. The first-order valence-electron chi connectivity index (χ1n) is 8.99. The lowest BCUT2D eigenvalue weighted by Gasteiger charge is -2.30. The number of carbonyl (C=O) groups is 1. The Bertz CT molecular complexity index is 1180. The summed E-state index contributed by atoms with van der Waals surface area (Å²) in [5.74, 6) is -0.744. The van der Waals surface area contributed by atoms with E-state index in [-0.39, 0.29) is 28.6 Å². The molecule has 3 heterocycles. The number of halogens is 2. The van der Waals surface area contributed by atoms with Crippen LogP contribution in [0.1, 0.15) is 12.8 Å². The third-order valence-corrected chi connectivity index (χ3v) is 8.55. The zero-order valence-electron chi connectivity index (χ0n) is 15.4. The Morgan fingerprint density at radius 3 is 2.73 bits per heavy atom. The molecule has 0 spiro atoms. The fourth-order valence-electron chi connectivity index (χ4n) is 3.16. The summed E-state index contributed by atoms with van der Waals surface area (Å²) in [5, 5.41) is 10.8. The Kier molecular flexibility index (Phi) is 6.12. The molecule has 8 nitrogen and oxygen atoms in total. The lowest BCUT2D eigenvalue weighted by Crippen LogP contribution is -2.43. The Morgan fingerprint density at radius 1 is 1.20 bits per heavy atom. The summed E-state index contributed by atoms with van der Waals surface area (Å²) in [4.78, 5) is 12.7. The number of aromatic nitrogens is 2. The molecular weight excluding hydrogens is 471 g/mol. The smallest absolute Gasteiger partial charge is 0.322 e. The van der Waals surface area contributed by atoms with Gasteiger partial charge in [0, 0.05) is 13.1 Å². The topological polar surface area (TPSA) is 105 Å².